The predicted octanol–water partition coefficient (Wildman–Crippen LogP) is 1.68. The molecule has 0 spiro atoms. The molecule has 0 aromatic heterocycles. The highest BCUT2D eigenvalue weighted by Crippen LogP contribution is 2.08. The summed E-state index contributed by atoms with van der Waals surface area (Å²) in [4.78, 5) is 18.8. The van der Waals surface area contributed by atoms with Crippen molar-refractivity contribution in [2.75, 3.05) is 0 Å². The van der Waals surface area contributed by atoms with E-state index in [-0.39, 0.29) is 11.6 Å². The van der Waals surface area contributed by atoms with Crippen molar-refractivity contribution >= 4 is 23.6 Å². The first kappa shape index (κ1) is 11.1. The van der Waals surface area contributed by atoms with E-state index in [0.29, 0.717) is 6.42 Å². The third-order valence-corrected chi connectivity index (χ3v) is 1.77. The highest BCUT2D eigenvalue weighted by molar-refractivity contribution is 6.39. The predicted molar refractivity (Wildman–Crippen MR) is 61.5 cm³/mol. The number of benzene rings is 1. The molecule has 15 heavy (non-hydrogen) atoms. The van der Waals surface area contributed by atoms with E-state index in [4.69, 9.17) is 5.73 Å². The van der Waals surface area contributed by atoms with E-state index in [9.17, 15) is 4.79 Å². The molecular weight excluding hydrogens is 190 g/mol. The Kier molecular flexibility index (Phi) is 4.22. The van der Waals surface area contributed by atoms with E-state index < -0.39 is 0 Å². The molecular formula is C11H13N3O. The van der Waals surface area contributed by atoms with Crippen LogP contribution in [0.4, 0.5) is 5.69 Å². The molecule has 0 heterocycles. The lowest BCUT2D eigenvalue weighted by atomic mass is 10.3. The first-order chi connectivity index (χ1) is 7.24. The summed E-state index contributed by atoms with van der Waals surface area (Å²) in [5.41, 5.74) is 6.18. The van der Waals surface area contributed by atoms with Crippen molar-refractivity contribution in [1.29, 1.82) is 0 Å². The number of para-hydroxylation sites is 1. The Morgan fingerprint density at radius 1 is 1.40 bits per heavy atom. The zero-order valence-electron chi connectivity index (χ0n) is 8.55. The molecule has 2 N–H and O–H groups in total. The van der Waals surface area contributed by atoms with Gasteiger partial charge in [0.1, 0.15) is 6.34 Å². The first-order valence-electron chi connectivity index (χ1n) is 4.68. The van der Waals surface area contributed by atoms with Crippen molar-refractivity contribution in [3.63, 3.8) is 0 Å². The Bertz CT molecular complexity index is 382. The van der Waals surface area contributed by atoms with Crippen LogP contribution in [0.3, 0.4) is 0 Å². The van der Waals surface area contributed by atoms with Gasteiger partial charge in [-0.2, -0.15) is 0 Å². The lowest BCUT2D eigenvalue weighted by Crippen LogP contribution is -2.22. The summed E-state index contributed by atoms with van der Waals surface area (Å²) in [6.45, 7) is 1.74. The largest absolute Gasteiger partial charge is 0.381 e. The van der Waals surface area contributed by atoms with Crippen LogP contribution in [0.15, 0.2) is 40.3 Å². The Labute approximate surface area is 88.5 Å². The zero-order valence-corrected chi connectivity index (χ0v) is 8.55. The van der Waals surface area contributed by atoms with Gasteiger partial charge in [0.2, 0.25) is 0 Å². The quantitative estimate of drug-likeness (QED) is 0.597. The summed E-state index contributed by atoms with van der Waals surface area (Å²) < 4.78 is 0. The molecule has 0 bridgehead atoms. The van der Waals surface area contributed by atoms with E-state index in [1.54, 1.807) is 6.92 Å². The topological polar surface area (TPSA) is 67.8 Å². The van der Waals surface area contributed by atoms with Gasteiger partial charge < -0.3 is 5.73 Å². The average molecular weight is 203 g/mol. The van der Waals surface area contributed by atoms with E-state index in [1.807, 2.05) is 30.3 Å². The number of hydrogen-bond donors (Lipinski definition) is 1. The number of carbonyl (C=O) groups excluding carboxylic acids is 1. The molecule has 4 nitrogen and oxygen atoms in total. The Hall–Kier alpha value is -1.97. The minimum atomic E-state index is -0.172. The van der Waals surface area contributed by atoms with Gasteiger partial charge in [0, 0.05) is 6.42 Å². The molecule has 0 radical (unpaired) electrons. The molecule has 1 aromatic rings. The van der Waals surface area contributed by atoms with Gasteiger partial charge in [0.25, 0.3) is 0 Å². The Morgan fingerprint density at radius 3 is 2.67 bits per heavy atom. The highest BCUT2D eigenvalue weighted by Gasteiger charge is 2.00. The average Bonchev–Trinajstić information content (AvgIpc) is 2.29. The van der Waals surface area contributed by atoms with Gasteiger partial charge in [-0.25, -0.2) is 9.98 Å². The number of nitrogens with two attached hydrogens (primary N) is 1. The van der Waals surface area contributed by atoms with Gasteiger partial charge >= 0.3 is 0 Å². The number of hydrogen-bond acceptors (Lipinski definition) is 2. The van der Waals surface area contributed by atoms with E-state index >= 15 is 0 Å². The van der Waals surface area contributed by atoms with Crippen LogP contribution in [-0.2, 0) is 4.79 Å². The van der Waals surface area contributed by atoms with Crippen LogP contribution in [0, 0.1) is 0 Å². The van der Waals surface area contributed by atoms with Crippen molar-refractivity contribution < 1.29 is 4.79 Å². The van der Waals surface area contributed by atoms with Crippen LogP contribution in [-0.4, -0.2) is 18.0 Å². The lowest BCUT2D eigenvalue weighted by molar-refractivity contribution is -0.112. The van der Waals surface area contributed by atoms with Gasteiger partial charge in [-0.15, -0.1) is 0 Å². The molecule has 0 atom stereocenters. The number of nitrogens with zero attached hydrogens (tertiary/aromatic N) is 2. The molecule has 0 saturated heterocycles. The number of Topliss-reactive ketones (excluding diaryl/α,β-unsaturated/α-hetero) is 1. The van der Waals surface area contributed by atoms with Crippen LogP contribution in [0.25, 0.3) is 0 Å². The number of carbonyl (C=O) groups is 1. The highest BCUT2D eigenvalue weighted by atomic mass is 16.1. The van der Waals surface area contributed by atoms with Gasteiger partial charge in [-0.1, -0.05) is 25.1 Å². The fourth-order valence-corrected chi connectivity index (χ4v) is 0.925. The van der Waals surface area contributed by atoms with Gasteiger partial charge in [0.05, 0.1) is 5.69 Å². The SMILES string of the molecule is CCC(=O)C(N)=NC=Nc1ccccc1. The number of aliphatic imine (C=N–C) groups is 2. The molecule has 0 aliphatic carbocycles. The second-order valence-corrected chi connectivity index (χ2v) is 2.87. The molecule has 1 rings (SSSR count). The normalized spacial score (nSPS) is 11.9. The monoisotopic (exact) mass is 203 g/mol. The van der Waals surface area contributed by atoms with Gasteiger partial charge in [0.15, 0.2) is 11.6 Å². The van der Waals surface area contributed by atoms with Crippen molar-refractivity contribution in [3.8, 4) is 0 Å². The Balaban J connectivity index is 2.64. The molecule has 0 amide bonds. The van der Waals surface area contributed by atoms with Crippen LogP contribution in [0.2, 0.25) is 0 Å². The molecule has 1 aromatic carbocycles. The summed E-state index contributed by atoms with van der Waals surface area (Å²) in [5, 5.41) is 0. The minimum Gasteiger partial charge on any atom is -0.381 e. The van der Waals surface area contributed by atoms with Crippen molar-refractivity contribution in [3.05, 3.63) is 30.3 Å². The molecule has 78 valence electrons. The van der Waals surface area contributed by atoms with Crippen molar-refractivity contribution in [2.24, 2.45) is 15.7 Å². The molecule has 0 unspecified atom stereocenters. The third-order valence-electron chi connectivity index (χ3n) is 1.77. The smallest absolute Gasteiger partial charge is 0.197 e. The molecule has 0 saturated carbocycles. The van der Waals surface area contributed by atoms with E-state index in [2.05, 4.69) is 9.98 Å². The maximum atomic E-state index is 11.0. The molecule has 0 fully saturated rings. The standard InChI is InChI=1S/C11H13N3O/c1-2-10(15)11(12)14-8-13-9-6-4-3-5-7-9/h3-8H,2H2,1H3,(H2,12,13,14). The van der Waals surface area contributed by atoms with Crippen LogP contribution < -0.4 is 5.73 Å². The van der Waals surface area contributed by atoms with Gasteiger partial charge in [-0.3, -0.25) is 4.79 Å². The maximum absolute atomic E-state index is 11.0. The fourth-order valence-electron chi connectivity index (χ4n) is 0.925. The number of ketones is 1. The number of rotatable bonds is 4. The third kappa shape index (κ3) is 3.72. The minimum absolute atomic E-state index is 0.00261. The van der Waals surface area contributed by atoms with Crippen molar-refractivity contribution in [1.82, 2.24) is 0 Å². The van der Waals surface area contributed by atoms with Crippen LogP contribution in [0.1, 0.15) is 13.3 Å². The summed E-state index contributed by atoms with van der Waals surface area (Å²) in [6, 6.07) is 9.32. The molecule has 4 heteroatoms. The summed E-state index contributed by atoms with van der Waals surface area (Å²) in [7, 11) is 0. The summed E-state index contributed by atoms with van der Waals surface area (Å²) >= 11 is 0. The fraction of sp³-hybridized carbons (Fsp3) is 0.182. The molecule has 0 aliphatic heterocycles. The maximum Gasteiger partial charge on any atom is 0.197 e. The second-order valence-electron chi connectivity index (χ2n) is 2.87. The lowest BCUT2D eigenvalue weighted by Gasteiger charge is -1.92. The van der Waals surface area contributed by atoms with Crippen molar-refractivity contribution in [2.45, 2.75) is 13.3 Å². The number of amidine groups is 1. The van der Waals surface area contributed by atoms with Crippen LogP contribution in [0.5, 0.6) is 0 Å². The van der Waals surface area contributed by atoms with Gasteiger partial charge in [-0.05, 0) is 12.1 Å². The zero-order chi connectivity index (χ0) is 11.1. The summed E-state index contributed by atoms with van der Waals surface area (Å²) in [5.74, 6) is -0.174. The second kappa shape index (κ2) is 5.70. The van der Waals surface area contributed by atoms with E-state index in [1.165, 1.54) is 6.34 Å². The Morgan fingerprint density at radius 2 is 2.07 bits per heavy atom. The first-order valence-corrected chi connectivity index (χ1v) is 4.68. The summed E-state index contributed by atoms with van der Waals surface area (Å²) in [6.07, 6.45) is 1.65. The van der Waals surface area contributed by atoms with Crippen LogP contribution >= 0.6 is 0 Å². The molecule has 0 aliphatic rings. The van der Waals surface area contributed by atoms with E-state index in [0.717, 1.165) is 5.69 Å².